The summed E-state index contributed by atoms with van der Waals surface area (Å²) in [6, 6.07) is 0. The fraction of sp³-hybridized carbons (Fsp3) is 0.846. The molecule has 0 rings (SSSR count). The van der Waals surface area contributed by atoms with Gasteiger partial charge in [0.25, 0.3) is 0 Å². The third-order valence-electron chi connectivity index (χ3n) is 1.26. The summed E-state index contributed by atoms with van der Waals surface area (Å²) in [6.07, 6.45) is -35.5. The topological polar surface area (TPSA) is 57.6 Å². The molecule has 0 fully saturated rings. The zero-order chi connectivity index (χ0) is 29.9. The van der Waals surface area contributed by atoms with Gasteiger partial charge in [0.2, 0.25) is 5.91 Å². The first kappa shape index (κ1) is 3.09. The van der Waals surface area contributed by atoms with Crippen molar-refractivity contribution in [2.75, 3.05) is 13.6 Å². The van der Waals surface area contributed by atoms with Gasteiger partial charge in [0.15, 0.2) is 0 Å². The zero-order valence-electron chi connectivity index (χ0n) is 27.9. The number of aliphatic carboxylic acids is 1. The number of carboxylic acids is 1. The van der Waals surface area contributed by atoms with Crippen molar-refractivity contribution >= 4 is 11.9 Å². The van der Waals surface area contributed by atoms with E-state index in [0.717, 1.165) is 0 Å². The highest BCUT2D eigenvalue weighted by Gasteiger charge is 2.10. The molecule has 0 aromatic carbocycles. The van der Waals surface area contributed by atoms with Crippen LogP contribution in [0.4, 0.5) is 0 Å². The molecule has 0 unspecified atom stereocenters. The van der Waals surface area contributed by atoms with Crippen LogP contribution in [-0.2, 0) is 9.59 Å². The van der Waals surface area contributed by atoms with E-state index in [1.54, 1.807) is 0 Å². The quantitative estimate of drug-likeness (QED) is 0.658. The Kier molecular flexibility index (Phi) is 1.84. The molecule has 0 saturated heterocycles. The Morgan fingerprint density at radius 1 is 1.18 bits per heavy atom. The number of amides is 1. The minimum atomic E-state index is -4.62. The average molecular weight is 262 g/mol. The van der Waals surface area contributed by atoms with Crippen LogP contribution in [-0.4, -0.2) is 35.5 Å². The summed E-state index contributed by atoms with van der Waals surface area (Å²) in [4.78, 5) is 23.3. The molecule has 1 N–H and O–H groups in total. The highest BCUT2D eigenvalue weighted by atomic mass is 16.4. The minimum Gasteiger partial charge on any atom is -0.480 e. The summed E-state index contributed by atoms with van der Waals surface area (Å²) >= 11 is 0. The maximum absolute atomic E-state index is 12.4. The molecule has 0 aliphatic heterocycles. The zero-order valence-corrected chi connectivity index (χ0v) is 8.92. The van der Waals surface area contributed by atoms with Crippen LogP contribution < -0.4 is 0 Å². The van der Waals surface area contributed by atoms with E-state index in [4.69, 9.17) is 31.2 Å². The number of nitrogens with zero attached hydrogens (tertiary/aromatic N) is 1. The SMILES string of the molecule is [2H]C([2H])([2H])C([2H])([2H])C([2H])([2H])C([2H])([2H])C([2H])([2H])C([2H])([2H])C([2H])([2H])C([2H])([2H])C([2H])([2H])C(=O)N(C)CC(=O)O. The smallest absolute Gasteiger partial charge is 0.323 e. The fourth-order valence-corrected chi connectivity index (χ4v) is 0.611. The molecule has 4 heteroatoms. The molecule has 0 radical (unpaired) electrons. The van der Waals surface area contributed by atoms with Crippen LogP contribution in [0.1, 0.15) is 83.9 Å². The molecule has 0 atom stereocenters. The largest absolute Gasteiger partial charge is 0.480 e. The molecular weight excluding hydrogens is 218 g/mol. The Morgan fingerprint density at radius 2 is 1.76 bits per heavy atom. The Morgan fingerprint density at radius 3 is 2.35 bits per heavy atom. The van der Waals surface area contributed by atoms with Gasteiger partial charge in [-0.3, -0.25) is 9.59 Å². The van der Waals surface area contributed by atoms with Gasteiger partial charge in [0.05, 0.1) is 0 Å². The lowest BCUT2D eigenvalue weighted by atomic mass is 10.1. The number of hydrogen-bond donors (Lipinski definition) is 1. The van der Waals surface area contributed by atoms with Crippen LogP contribution in [0, 0.1) is 0 Å². The van der Waals surface area contributed by atoms with Crippen molar-refractivity contribution in [2.24, 2.45) is 0 Å². The molecule has 100 valence electrons. The number of carbonyl (C=O) groups excluding carboxylic acids is 1. The number of carboxylic acid groups (broad SMARTS) is 1. The molecule has 0 heterocycles. The Bertz CT molecular complexity index is 861. The lowest BCUT2D eigenvalue weighted by molar-refractivity contribution is -0.143. The van der Waals surface area contributed by atoms with E-state index in [2.05, 4.69) is 0 Å². The van der Waals surface area contributed by atoms with Crippen molar-refractivity contribution in [3.63, 3.8) is 0 Å². The number of rotatable bonds is 10. The van der Waals surface area contributed by atoms with Gasteiger partial charge in [-0.2, -0.15) is 0 Å². The molecule has 0 aliphatic carbocycles. The molecular formula is C13H25NO3. The minimum absolute atomic E-state index is 0.114. The van der Waals surface area contributed by atoms with Gasteiger partial charge in [-0.1, -0.05) is 45.1 Å². The van der Waals surface area contributed by atoms with Crippen LogP contribution in [0.2, 0.25) is 0 Å². The third-order valence-corrected chi connectivity index (χ3v) is 1.26. The summed E-state index contributed by atoms with van der Waals surface area (Å²) in [7, 11) is 0.692. The predicted octanol–water partition coefficient (Wildman–Crippen LogP) is 2.67. The Labute approximate surface area is 131 Å². The van der Waals surface area contributed by atoms with Crippen molar-refractivity contribution in [1.82, 2.24) is 4.90 Å². The van der Waals surface area contributed by atoms with Crippen LogP contribution in [0.15, 0.2) is 0 Å². The lowest BCUT2D eigenvalue weighted by Crippen LogP contribution is -2.31. The van der Waals surface area contributed by atoms with E-state index in [1.807, 2.05) is 0 Å². The number of likely N-dealkylation sites (N-methyl/N-ethyl adjacent to an activating group) is 1. The maximum atomic E-state index is 12.4. The maximum Gasteiger partial charge on any atom is 0.323 e. The molecule has 0 aromatic heterocycles. The lowest BCUT2D eigenvalue weighted by Gasteiger charge is -2.14. The first-order valence-electron chi connectivity index (χ1n) is 13.7. The van der Waals surface area contributed by atoms with Crippen LogP contribution >= 0.6 is 0 Å². The second-order valence-electron chi connectivity index (χ2n) is 2.55. The van der Waals surface area contributed by atoms with Gasteiger partial charge in [0.1, 0.15) is 6.54 Å². The first-order valence-corrected chi connectivity index (χ1v) is 4.22. The average Bonchev–Trinajstić information content (AvgIpc) is 2.64. The molecule has 0 bridgehead atoms. The van der Waals surface area contributed by atoms with Crippen molar-refractivity contribution < 1.29 is 40.7 Å². The van der Waals surface area contributed by atoms with E-state index >= 15 is 0 Å². The van der Waals surface area contributed by atoms with Gasteiger partial charge in [-0.25, -0.2) is 0 Å². The molecule has 17 heavy (non-hydrogen) atoms. The van der Waals surface area contributed by atoms with Crippen molar-refractivity contribution in [1.29, 1.82) is 0 Å². The summed E-state index contributed by atoms with van der Waals surface area (Å²) < 4.78 is 147. The number of hydrogen-bond acceptors (Lipinski definition) is 2. The predicted molar refractivity (Wildman–Crippen MR) is 67.9 cm³/mol. The van der Waals surface area contributed by atoms with Gasteiger partial charge in [-0.15, -0.1) is 0 Å². The highest BCUT2D eigenvalue weighted by Crippen LogP contribution is 2.09. The van der Waals surface area contributed by atoms with Crippen molar-refractivity contribution in [3.8, 4) is 0 Å². The van der Waals surface area contributed by atoms with Gasteiger partial charge < -0.3 is 10.0 Å². The molecule has 1 amide bonds. The van der Waals surface area contributed by atoms with Crippen molar-refractivity contribution in [3.05, 3.63) is 0 Å². The molecule has 4 nitrogen and oxygen atoms in total. The summed E-state index contributed by atoms with van der Waals surface area (Å²) in [5, 5.41) is 8.74. The summed E-state index contributed by atoms with van der Waals surface area (Å²) in [5.74, 6) is -3.69. The van der Waals surface area contributed by atoms with E-state index in [0.29, 0.717) is 7.05 Å². The second kappa shape index (κ2) is 10.1. The standard InChI is InChI=1S/C13H25NO3/c1-3-4-5-6-7-8-9-10-12(15)14(2)11-13(16)17/h3-11H2,1-2H3,(H,16,17)/i1D3,3D2,4D2,5D2,6D2,7D2,8D2,9D2,10D2. The van der Waals surface area contributed by atoms with Gasteiger partial charge in [-0.05, 0) is 6.37 Å². The molecule has 0 saturated carbocycles. The van der Waals surface area contributed by atoms with Gasteiger partial charge in [0, 0.05) is 39.5 Å². The van der Waals surface area contributed by atoms with E-state index < -0.39 is 76.3 Å². The monoisotopic (exact) mass is 262 g/mol. The Balaban J connectivity index is 6.94. The first-order chi connectivity index (χ1) is 15.2. The molecule has 0 spiro atoms. The van der Waals surface area contributed by atoms with E-state index in [1.165, 1.54) is 0 Å². The number of carbonyl (C=O) groups is 2. The third kappa shape index (κ3) is 9.85. The van der Waals surface area contributed by atoms with E-state index in [-0.39, 0.29) is 4.90 Å². The summed E-state index contributed by atoms with van der Waals surface area (Å²) in [5.41, 5.74) is 0. The summed E-state index contributed by atoms with van der Waals surface area (Å²) in [6.45, 7) is -5.13. The van der Waals surface area contributed by atoms with Crippen LogP contribution in [0.5, 0.6) is 0 Å². The Hall–Kier alpha value is -1.06. The van der Waals surface area contributed by atoms with Crippen molar-refractivity contribution in [2.45, 2.75) is 57.8 Å². The van der Waals surface area contributed by atoms with E-state index in [9.17, 15) is 9.59 Å². The second-order valence-corrected chi connectivity index (χ2v) is 2.55. The van der Waals surface area contributed by atoms with Crippen LogP contribution in [0.3, 0.4) is 0 Å². The fourth-order valence-electron chi connectivity index (χ4n) is 0.611. The molecule has 0 aliphatic rings. The normalized spacial score (nSPS) is 34.3. The molecule has 0 aromatic rings. The van der Waals surface area contributed by atoms with Gasteiger partial charge >= 0.3 is 5.97 Å². The van der Waals surface area contributed by atoms with Crippen LogP contribution in [0.25, 0.3) is 0 Å². The highest BCUT2D eigenvalue weighted by molar-refractivity contribution is 5.80.